The van der Waals surface area contributed by atoms with Crippen molar-refractivity contribution in [2.24, 2.45) is 0 Å². The fourth-order valence-electron chi connectivity index (χ4n) is 2.16. The minimum absolute atomic E-state index is 0.222. The molecule has 0 N–H and O–H groups in total. The summed E-state index contributed by atoms with van der Waals surface area (Å²) in [6.07, 6.45) is 4.60. The van der Waals surface area contributed by atoms with Crippen LogP contribution in [0.1, 0.15) is 38.8 Å². The first-order valence-corrected chi connectivity index (χ1v) is 5.70. The van der Waals surface area contributed by atoms with Crippen molar-refractivity contribution in [3.8, 4) is 6.07 Å². The second-order valence-corrected chi connectivity index (χ2v) is 5.38. The first-order valence-electron chi connectivity index (χ1n) is 5.70. The summed E-state index contributed by atoms with van der Waals surface area (Å²) in [5.74, 6) is 0. The second kappa shape index (κ2) is 3.91. The highest BCUT2D eigenvalue weighted by Crippen LogP contribution is 2.27. The summed E-state index contributed by atoms with van der Waals surface area (Å²) < 4.78 is 1.93. The minimum atomic E-state index is 0.222. The average Bonchev–Trinajstić information content (AvgIpc) is 2.85. The van der Waals surface area contributed by atoms with Crippen LogP contribution < -0.4 is 0 Å². The topological polar surface area (TPSA) is 44.9 Å². The maximum absolute atomic E-state index is 8.76. The number of nitriles is 1. The van der Waals surface area contributed by atoms with Crippen molar-refractivity contribution in [2.45, 2.75) is 38.8 Å². The van der Waals surface area contributed by atoms with Gasteiger partial charge in [-0.2, -0.15) is 10.4 Å². The van der Waals surface area contributed by atoms with Crippen molar-refractivity contribution in [1.82, 2.24) is 14.7 Å². The van der Waals surface area contributed by atoms with E-state index in [9.17, 15) is 0 Å². The van der Waals surface area contributed by atoms with Crippen LogP contribution in [-0.4, -0.2) is 33.3 Å². The molecule has 4 nitrogen and oxygen atoms in total. The van der Waals surface area contributed by atoms with Crippen molar-refractivity contribution < 1.29 is 0 Å². The third kappa shape index (κ3) is 2.10. The van der Waals surface area contributed by atoms with Gasteiger partial charge in [0.1, 0.15) is 6.07 Å². The molecule has 1 fully saturated rings. The maximum atomic E-state index is 8.76. The average molecular weight is 218 g/mol. The van der Waals surface area contributed by atoms with Crippen LogP contribution in [-0.2, 0) is 0 Å². The lowest BCUT2D eigenvalue weighted by molar-refractivity contribution is 0.167. The van der Waals surface area contributed by atoms with Gasteiger partial charge in [-0.3, -0.25) is 9.58 Å². The van der Waals surface area contributed by atoms with Gasteiger partial charge in [-0.1, -0.05) is 0 Å². The lowest BCUT2D eigenvalue weighted by atomic mass is 10.1. The Balaban J connectivity index is 2.07. The molecular formula is C12H18N4. The van der Waals surface area contributed by atoms with Gasteiger partial charge in [0.25, 0.3) is 0 Å². The molecule has 16 heavy (non-hydrogen) atoms. The molecule has 2 heterocycles. The summed E-state index contributed by atoms with van der Waals surface area (Å²) in [6, 6.07) is 2.53. The zero-order valence-electron chi connectivity index (χ0n) is 10.1. The summed E-state index contributed by atoms with van der Waals surface area (Å²) >= 11 is 0. The summed E-state index contributed by atoms with van der Waals surface area (Å²) in [4.78, 5) is 2.46. The summed E-state index contributed by atoms with van der Waals surface area (Å²) in [5.41, 5.74) is 0.870. The largest absolute Gasteiger partial charge is 0.296 e. The molecule has 1 atom stereocenters. The van der Waals surface area contributed by atoms with Gasteiger partial charge in [-0.05, 0) is 27.2 Å². The quantitative estimate of drug-likeness (QED) is 0.722. The van der Waals surface area contributed by atoms with E-state index < -0.39 is 0 Å². The van der Waals surface area contributed by atoms with E-state index in [2.05, 4.69) is 36.8 Å². The zero-order chi connectivity index (χ0) is 11.8. The standard InChI is InChI=1S/C12H18N4/c1-12(2,3)15-5-4-11(9-15)16-8-10(6-13)7-14-16/h7-8,11H,4-5,9H2,1-3H3. The smallest absolute Gasteiger partial charge is 0.102 e. The summed E-state index contributed by atoms with van der Waals surface area (Å²) in [7, 11) is 0. The Kier molecular flexibility index (Phi) is 2.73. The monoisotopic (exact) mass is 218 g/mol. The third-order valence-corrected chi connectivity index (χ3v) is 3.22. The molecule has 1 unspecified atom stereocenters. The highest BCUT2D eigenvalue weighted by molar-refractivity contribution is 5.22. The van der Waals surface area contributed by atoms with Crippen LogP contribution in [0.15, 0.2) is 12.4 Å². The normalized spacial score (nSPS) is 22.2. The number of nitrogens with zero attached hydrogens (tertiary/aromatic N) is 4. The summed E-state index contributed by atoms with van der Waals surface area (Å²) in [5, 5.41) is 13.0. The Morgan fingerprint density at radius 3 is 2.75 bits per heavy atom. The molecule has 86 valence electrons. The number of hydrogen-bond donors (Lipinski definition) is 0. The van der Waals surface area contributed by atoms with E-state index in [1.165, 1.54) is 0 Å². The Morgan fingerprint density at radius 1 is 1.50 bits per heavy atom. The fourth-order valence-corrected chi connectivity index (χ4v) is 2.16. The van der Waals surface area contributed by atoms with E-state index in [0.717, 1.165) is 19.5 Å². The molecule has 1 aliphatic rings. The summed E-state index contributed by atoms with van der Waals surface area (Å²) in [6.45, 7) is 8.84. The third-order valence-electron chi connectivity index (χ3n) is 3.22. The lowest BCUT2D eigenvalue weighted by Crippen LogP contribution is -2.39. The molecule has 1 aliphatic heterocycles. The van der Waals surface area contributed by atoms with Crippen LogP contribution in [0.4, 0.5) is 0 Å². The first kappa shape index (κ1) is 11.2. The van der Waals surface area contributed by atoms with E-state index in [0.29, 0.717) is 11.6 Å². The molecule has 0 aliphatic carbocycles. The van der Waals surface area contributed by atoms with Gasteiger partial charge in [0.05, 0.1) is 17.8 Å². The number of likely N-dealkylation sites (tertiary alicyclic amines) is 1. The van der Waals surface area contributed by atoms with Crippen LogP contribution in [0.25, 0.3) is 0 Å². The molecule has 1 aromatic heterocycles. The van der Waals surface area contributed by atoms with Crippen molar-refractivity contribution in [3.63, 3.8) is 0 Å². The molecule has 0 saturated carbocycles. The predicted octanol–water partition coefficient (Wildman–Crippen LogP) is 1.80. The molecule has 1 aromatic rings. The van der Waals surface area contributed by atoms with E-state index in [1.54, 1.807) is 6.20 Å². The van der Waals surface area contributed by atoms with E-state index in [-0.39, 0.29) is 5.54 Å². The second-order valence-electron chi connectivity index (χ2n) is 5.38. The van der Waals surface area contributed by atoms with Gasteiger partial charge in [0, 0.05) is 24.8 Å². The van der Waals surface area contributed by atoms with Crippen LogP contribution in [0.3, 0.4) is 0 Å². The molecule has 0 bridgehead atoms. The molecule has 0 amide bonds. The Hall–Kier alpha value is -1.34. The number of hydrogen-bond acceptors (Lipinski definition) is 3. The Bertz CT molecular complexity index is 407. The number of aromatic nitrogens is 2. The van der Waals surface area contributed by atoms with Gasteiger partial charge in [0.15, 0.2) is 0 Å². The van der Waals surface area contributed by atoms with Gasteiger partial charge in [-0.15, -0.1) is 0 Å². The first-order chi connectivity index (χ1) is 7.50. The molecule has 1 saturated heterocycles. The minimum Gasteiger partial charge on any atom is -0.296 e. The molecule has 0 spiro atoms. The molecule has 2 rings (SSSR count). The van der Waals surface area contributed by atoms with Crippen LogP contribution in [0.2, 0.25) is 0 Å². The fraction of sp³-hybridized carbons (Fsp3) is 0.667. The number of rotatable bonds is 1. The van der Waals surface area contributed by atoms with Gasteiger partial charge in [0.2, 0.25) is 0 Å². The van der Waals surface area contributed by atoms with Gasteiger partial charge in [-0.25, -0.2) is 0 Å². The van der Waals surface area contributed by atoms with Crippen molar-refractivity contribution in [2.75, 3.05) is 13.1 Å². The van der Waals surface area contributed by atoms with Gasteiger partial charge < -0.3 is 0 Å². The van der Waals surface area contributed by atoms with Crippen LogP contribution in [0, 0.1) is 11.3 Å². The van der Waals surface area contributed by atoms with E-state index in [1.807, 2.05) is 10.9 Å². The Labute approximate surface area is 96.5 Å². The molecule has 4 heteroatoms. The molecular weight excluding hydrogens is 200 g/mol. The molecule has 0 radical (unpaired) electrons. The van der Waals surface area contributed by atoms with Crippen LogP contribution >= 0.6 is 0 Å². The molecule has 0 aromatic carbocycles. The SMILES string of the molecule is CC(C)(C)N1CCC(n2cc(C#N)cn2)C1. The predicted molar refractivity (Wildman–Crippen MR) is 61.9 cm³/mol. The van der Waals surface area contributed by atoms with Crippen molar-refractivity contribution in [1.29, 1.82) is 5.26 Å². The van der Waals surface area contributed by atoms with Gasteiger partial charge >= 0.3 is 0 Å². The van der Waals surface area contributed by atoms with Crippen LogP contribution in [0.5, 0.6) is 0 Å². The van der Waals surface area contributed by atoms with E-state index in [4.69, 9.17) is 5.26 Å². The zero-order valence-corrected chi connectivity index (χ0v) is 10.1. The lowest BCUT2D eigenvalue weighted by Gasteiger charge is -2.31. The van der Waals surface area contributed by atoms with Crippen molar-refractivity contribution >= 4 is 0 Å². The maximum Gasteiger partial charge on any atom is 0.102 e. The highest BCUT2D eigenvalue weighted by atomic mass is 15.3. The van der Waals surface area contributed by atoms with E-state index >= 15 is 0 Å². The van der Waals surface area contributed by atoms with Crippen molar-refractivity contribution in [3.05, 3.63) is 18.0 Å². The highest BCUT2D eigenvalue weighted by Gasteiger charge is 2.31. The Morgan fingerprint density at radius 2 is 2.25 bits per heavy atom.